The van der Waals surface area contributed by atoms with Crippen LogP contribution in [0.3, 0.4) is 0 Å². The number of rotatable bonds is 2. The maximum absolute atomic E-state index is 9.57. The van der Waals surface area contributed by atoms with Crippen LogP contribution < -0.4 is 0 Å². The van der Waals surface area contributed by atoms with Crippen molar-refractivity contribution in [3.63, 3.8) is 0 Å². The zero-order valence-corrected chi connectivity index (χ0v) is 5.47. The van der Waals surface area contributed by atoms with Crippen molar-refractivity contribution in [3.8, 4) is 0 Å². The van der Waals surface area contributed by atoms with Crippen LogP contribution in [-0.4, -0.2) is 0 Å². The van der Waals surface area contributed by atoms with Crippen LogP contribution in [0.2, 0.25) is 0 Å². The van der Waals surface area contributed by atoms with Crippen molar-refractivity contribution in [1.82, 2.24) is 0 Å². The van der Waals surface area contributed by atoms with Gasteiger partial charge in [0.15, 0.2) is 0 Å². The number of thiophene rings is 1. The fourth-order valence-corrected chi connectivity index (χ4v) is 1.10. The minimum Gasteiger partial charge on any atom is -0.145 e. The van der Waals surface area contributed by atoms with Crippen LogP contribution in [0.25, 0.3) is 6.08 Å². The lowest BCUT2D eigenvalue weighted by Crippen LogP contribution is -1.51. The fraction of sp³-hybridized carbons (Fsp3) is 0. The van der Waals surface area contributed by atoms with Crippen LogP contribution in [0.5, 0.6) is 0 Å². The van der Waals surface area contributed by atoms with Crippen LogP contribution in [0.1, 0.15) is 4.88 Å². The number of hydrogen-bond acceptors (Lipinski definition) is 3. The summed E-state index contributed by atoms with van der Waals surface area (Å²) in [6, 6.07) is 3.85. The van der Waals surface area contributed by atoms with Crippen LogP contribution in [0.15, 0.2) is 28.9 Å². The maximum atomic E-state index is 9.57. The summed E-state index contributed by atoms with van der Waals surface area (Å²) in [7, 11) is 0. The molecule has 0 amide bonds. The monoisotopic (exact) mass is 139 g/mol. The lowest BCUT2D eigenvalue weighted by atomic mass is 10.5. The van der Waals surface area contributed by atoms with Gasteiger partial charge in [-0.2, -0.15) is 0 Å². The predicted molar refractivity (Wildman–Crippen MR) is 39.1 cm³/mol. The molecule has 1 aromatic heterocycles. The van der Waals surface area contributed by atoms with Gasteiger partial charge < -0.3 is 0 Å². The van der Waals surface area contributed by atoms with Gasteiger partial charge >= 0.3 is 0 Å². The molecule has 0 radical (unpaired) electrons. The highest BCUT2D eigenvalue weighted by Gasteiger charge is 1.82. The number of hydrogen-bond donors (Lipinski definition) is 0. The molecule has 1 rings (SSSR count). The van der Waals surface area contributed by atoms with Crippen molar-refractivity contribution in [1.29, 1.82) is 0 Å². The molecule has 9 heavy (non-hydrogen) atoms. The van der Waals surface area contributed by atoms with Crippen molar-refractivity contribution in [2.45, 2.75) is 0 Å². The van der Waals surface area contributed by atoms with E-state index in [1.54, 1.807) is 17.4 Å². The van der Waals surface area contributed by atoms with Gasteiger partial charge in [0.05, 0.1) is 6.20 Å². The summed E-state index contributed by atoms with van der Waals surface area (Å²) in [4.78, 5) is 10.6. The fourth-order valence-electron chi connectivity index (χ4n) is 0.490. The largest absolute Gasteiger partial charge is 0.145 e. The molecule has 0 saturated carbocycles. The van der Waals surface area contributed by atoms with Crippen LogP contribution in [0.4, 0.5) is 0 Å². The lowest BCUT2D eigenvalue weighted by Gasteiger charge is -1.74. The number of nitrogens with zero attached hydrogens (tertiary/aromatic N) is 1. The lowest BCUT2D eigenvalue weighted by molar-refractivity contribution is 1.56. The standard InChI is InChI=1S/C6H5NOS/c8-7-4-3-6-2-1-5-9-6/h1-5H/b4-3+. The molecular weight excluding hydrogens is 134 g/mol. The zero-order valence-electron chi connectivity index (χ0n) is 4.65. The predicted octanol–water partition coefficient (Wildman–Crippen LogP) is 2.49. The molecule has 0 spiro atoms. The van der Waals surface area contributed by atoms with Gasteiger partial charge in [-0.3, -0.25) is 0 Å². The third kappa shape index (κ3) is 1.77. The molecule has 2 nitrogen and oxygen atoms in total. The van der Waals surface area contributed by atoms with Gasteiger partial charge in [0, 0.05) is 4.88 Å². The third-order valence-electron chi connectivity index (χ3n) is 0.843. The quantitative estimate of drug-likeness (QED) is 0.579. The first-order chi connectivity index (χ1) is 4.43. The third-order valence-corrected chi connectivity index (χ3v) is 1.68. The smallest absolute Gasteiger partial charge is 0.0728 e. The highest BCUT2D eigenvalue weighted by atomic mass is 32.1. The minimum atomic E-state index is 1.05. The molecule has 3 heteroatoms. The summed E-state index contributed by atoms with van der Waals surface area (Å²) in [6.07, 6.45) is 2.92. The highest BCUT2D eigenvalue weighted by molar-refractivity contribution is 7.10. The van der Waals surface area contributed by atoms with Crippen molar-refractivity contribution in [2.24, 2.45) is 5.18 Å². The summed E-state index contributed by atoms with van der Waals surface area (Å²) >= 11 is 1.58. The summed E-state index contributed by atoms with van der Waals surface area (Å²) in [6.45, 7) is 0. The Kier molecular flexibility index (Phi) is 2.15. The average Bonchev–Trinajstić information content (AvgIpc) is 2.34. The van der Waals surface area contributed by atoms with E-state index in [9.17, 15) is 4.91 Å². The first kappa shape index (κ1) is 6.16. The van der Waals surface area contributed by atoms with Gasteiger partial charge in [-0.15, -0.1) is 16.2 Å². The Morgan fingerprint density at radius 2 is 2.56 bits per heavy atom. The molecule has 0 aliphatic carbocycles. The van der Waals surface area contributed by atoms with Gasteiger partial charge in [0.25, 0.3) is 0 Å². The van der Waals surface area contributed by atoms with Crippen LogP contribution in [0, 0.1) is 4.91 Å². The van der Waals surface area contributed by atoms with Crippen molar-refractivity contribution >= 4 is 17.4 Å². The zero-order chi connectivity index (χ0) is 6.53. The van der Waals surface area contributed by atoms with Gasteiger partial charge in [-0.25, -0.2) is 0 Å². The molecule has 0 aromatic carbocycles. The van der Waals surface area contributed by atoms with Crippen LogP contribution >= 0.6 is 11.3 Å². The van der Waals surface area contributed by atoms with E-state index in [4.69, 9.17) is 0 Å². The second kappa shape index (κ2) is 3.14. The van der Waals surface area contributed by atoms with Gasteiger partial charge in [-0.1, -0.05) is 6.07 Å². The first-order valence-corrected chi connectivity index (χ1v) is 3.34. The van der Waals surface area contributed by atoms with Gasteiger partial charge in [0.1, 0.15) is 0 Å². The second-order valence-electron chi connectivity index (χ2n) is 1.44. The molecule has 0 saturated heterocycles. The van der Waals surface area contributed by atoms with Crippen molar-refractivity contribution in [2.75, 3.05) is 0 Å². The Morgan fingerprint density at radius 1 is 1.67 bits per heavy atom. The first-order valence-electron chi connectivity index (χ1n) is 2.46. The van der Waals surface area contributed by atoms with E-state index in [0.717, 1.165) is 4.88 Å². The summed E-state index contributed by atoms with van der Waals surface area (Å²) in [5.41, 5.74) is 0. The summed E-state index contributed by atoms with van der Waals surface area (Å²) in [5.74, 6) is 0. The molecule has 0 atom stereocenters. The van der Waals surface area contributed by atoms with E-state index >= 15 is 0 Å². The molecule has 1 heterocycles. The summed E-state index contributed by atoms with van der Waals surface area (Å²) < 4.78 is 0. The van der Waals surface area contributed by atoms with E-state index in [2.05, 4.69) is 5.18 Å². The van der Waals surface area contributed by atoms with Crippen molar-refractivity contribution < 1.29 is 0 Å². The topological polar surface area (TPSA) is 29.4 Å². The van der Waals surface area contributed by atoms with Gasteiger partial charge in [-0.05, 0) is 22.7 Å². The second-order valence-corrected chi connectivity index (χ2v) is 2.42. The average molecular weight is 139 g/mol. The molecule has 0 fully saturated rings. The molecule has 0 unspecified atom stereocenters. The van der Waals surface area contributed by atoms with Gasteiger partial charge in [0.2, 0.25) is 0 Å². The minimum absolute atomic E-state index is 1.05. The van der Waals surface area contributed by atoms with E-state index in [1.807, 2.05) is 17.5 Å². The highest BCUT2D eigenvalue weighted by Crippen LogP contribution is 2.09. The molecule has 46 valence electrons. The van der Waals surface area contributed by atoms with E-state index in [1.165, 1.54) is 6.20 Å². The number of nitroso groups, excluding NO2 is 1. The Labute approximate surface area is 56.8 Å². The molecule has 0 aliphatic rings. The SMILES string of the molecule is O=N/C=C/c1cccs1. The Bertz CT molecular complexity index is 203. The molecular formula is C6H5NOS. The van der Waals surface area contributed by atoms with E-state index in [-0.39, 0.29) is 0 Å². The molecule has 0 N–H and O–H groups in total. The van der Waals surface area contributed by atoms with E-state index < -0.39 is 0 Å². The Morgan fingerprint density at radius 3 is 3.11 bits per heavy atom. The van der Waals surface area contributed by atoms with Crippen LogP contribution in [-0.2, 0) is 0 Å². The van der Waals surface area contributed by atoms with Crippen molar-refractivity contribution in [3.05, 3.63) is 33.5 Å². The summed E-state index contributed by atoms with van der Waals surface area (Å²) in [5, 5.41) is 4.54. The molecule has 0 aliphatic heterocycles. The normalized spacial score (nSPS) is 10.2. The Hall–Kier alpha value is -0.960. The maximum Gasteiger partial charge on any atom is 0.0728 e. The Balaban J connectivity index is 2.67. The molecule has 0 bridgehead atoms. The van der Waals surface area contributed by atoms with E-state index in [0.29, 0.717) is 0 Å². The molecule has 1 aromatic rings.